The fourth-order valence-corrected chi connectivity index (χ4v) is 2.92. The maximum atomic E-state index is 12.1. The molecule has 1 aromatic heterocycles. The van der Waals surface area contributed by atoms with Gasteiger partial charge in [-0.2, -0.15) is 0 Å². The van der Waals surface area contributed by atoms with E-state index in [1.54, 1.807) is 0 Å². The summed E-state index contributed by atoms with van der Waals surface area (Å²) >= 11 is 6.10. The first-order chi connectivity index (χ1) is 10.7. The molecule has 0 unspecified atom stereocenters. The van der Waals surface area contributed by atoms with Crippen LogP contribution in [0.25, 0.3) is 0 Å². The molecule has 1 heterocycles. The molecule has 1 saturated carbocycles. The van der Waals surface area contributed by atoms with Crippen LogP contribution in [0, 0.1) is 0 Å². The summed E-state index contributed by atoms with van der Waals surface area (Å²) in [5.74, 6) is 0.124. The summed E-state index contributed by atoms with van der Waals surface area (Å²) in [5, 5.41) is 11.4. The van der Waals surface area contributed by atoms with Crippen LogP contribution >= 0.6 is 11.6 Å². The van der Waals surface area contributed by atoms with Gasteiger partial charge < -0.3 is 9.73 Å². The monoisotopic (exact) mass is 319 g/mol. The van der Waals surface area contributed by atoms with Crippen LogP contribution in [-0.4, -0.2) is 22.1 Å². The Labute approximate surface area is 134 Å². The minimum atomic E-state index is -0.287. The molecule has 1 aromatic carbocycles. The zero-order valence-electron chi connectivity index (χ0n) is 12.2. The summed E-state index contributed by atoms with van der Waals surface area (Å²) < 4.78 is 5.45. The van der Waals surface area contributed by atoms with Crippen molar-refractivity contribution < 1.29 is 9.21 Å². The van der Waals surface area contributed by atoms with E-state index in [9.17, 15) is 4.79 Å². The van der Waals surface area contributed by atoms with E-state index in [2.05, 4.69) is 15.5 Å². The molecular weight excluding hydrogens is 302 g/mol. The minimum absolute atomic E-state index is 0.0210. The van der Waals surface area contributed by atoms with E-state index in [0.29, 0.717) is 17.3 Å². The van der Waals surface area contributed by atoms with Gasteiger partial charge in [0.25, 0.3) is 0 Å². The third kappa shape index (κ3) is 3.65. The maximum Gasteiger partial charge on any atom is 0.309 e. The van der Waals surface area contributed by atoms with E-state index in [1.807, 2.05) is 24.3 Å². The molecule has 0 atom stereocenters. The van der Waals surface area contributed by atoms with E-state index in [0.717, 1.165) is 31.2 Å². The molecule has 0 radical (unpaired) electrons. The van der Waals surface area contributed by atoms with Gasteiger partial charge in [0.05, 0.1) is 6.42 Å². The van der Waals surface area contributed by atoms with E-state index in [4.69, 9.17) is 16.0 Å². The Kier molecular flexibility index (Phi) is 4.73. The van der Waals surface area contributed by atoms with Crippen molar-refractivity contribution in [2.24, 2.45) is 0 Å². The van der Waals surface area contributed by atoms with Gasteiger partial charge in [-0.1, -0.05) is 49.1 Å². The largest absolute Gasteiger partial charge is 0.417 e. The lowest BCUT2D eigenvalue weighted by Gasteiger charge is -2.21. The SMILES string of the molecule is O=C(NC1CCCCC1)c1nnc(Cc2ccccc2Cl)o1. The molecule has 1 amide bonds. The number of halogens is 1. The topological polar surface area (TPSA) is 68.0 Å². The molecule has 1 aliphatic carbocycles. The van der Waals surface area contributed by atoms with E-state index >= 15 is 0 Å². The highest BCUT2D eigenvalue weighted by molar-refractivity contribution is 6.31. The molecule has 1 fully saturated rings. The Bertz CT molecular complexity index is 650. The van der Waals surface area contributed by atoms with Gasteiger partial charge in [-0.25, -0.2) is 0 Å². The van der Waals surface area contributed by atoms with Crippen molar-refractivity contribution in [2.45, 2.75) is 44.6 Å². The summed E-state index contributed by atoms with van der Waals surface area (Å²) in [5.41, 5.74) is 0.895. The van der Waals surface area contributed by atoms with Crippen LogP contribution in [0.5, 0.6) is 0 Å². The van der Waals surface area contributed by atoms with E-state index < -0.39 is 0 Å². The molecule has 116 valence electrons. The number of hydrogen-bond donors (Lipinski definition) is 1. The molecule has 0 saturated heterocycles. The fourth-order valence-electron chi connectivity index (χ4n) is 2.72. The highest BCUT2D eigenvalue weighted by Crippen LogP contribution is 2.19. The van der Waals surface area contributed by atoms with Crippen molar-refractivity contribution in [1.29, 1.82) is 0 Å². The third-order valence-corrected chi connectivity index (χ3v) is 4.27. The molecule has 0 bridgehead atoms. The molecule has 2 aromatic rings. The Hall–Kier alpha value is -1.88. The van der Waals surface area contributed by atoms with Gasteiger partial charge in [-0.05, 0) is 24.5 Å². The average molecular weight is 320 g/mol. The molecule has 1 N–H and O–H groups in total. The second kappa shape index (κ2) is 6.92. The first-order valence-corrected chi connectivity index (χ1v) is 7.97. The molecule has 22 heavy (non-hydrogen) atoms. The van der Waals surface area contributed by atoms with Gasteiger partial charge in [0, 0.05) is 11.1 Å². The van der Waals surface area contributed by atoms with E-state index in [1.165, 1.54) is 6.42 Å². The molecule has 1 aliphatic rings. The zero-order chi connectivity index (χ0) is 15.4. The number of nitrogens with one attached hydrogen (secondary N) is 1. The molecule has 0 spiro atoms. The summed E-state index contributed by atoms with van der Waals surface area (Å²) in [7, 11) is 0. The molecule has 6 heteroatoms. The highest BCUT2D eigenvalue weighted by atomic mass is 35.5. The van der Waals surface area contributed by atoms with Gasteiger partial charge in [-0.3, -0.25) is 4.79 Å². The molecule has 5 nitrogen and oxygen atoms in total. The number of carbonyl (C=O) groups excluding carboxylic acids is 1. The number of aromatic nitrogens is 2. The first-order valence-electron chi connectivity index (χ1n) is 7.59. The maximum absolute atomic E-state index is 12.1. The van der Waals surface area contributed by atoms with Crippen LogP contribution in [0.2, 0.25) is 5.02 Å². The van der Waals surface area contributed by atoms with Gasteiger partial charge in [-0.15, -0.1) is 10.2 Å². The van der Waals surface area contributed by atoms with Gasteiger partial charge >= 0.3 is 11.8 Å². The van der Waals surface area contributed by atoms with Crippen LogP contribution in [0.15, 0.2) is 28.7 Å². The third-order valence-electron chi connectivity index (χ3n) is 3.90. The van der Waals surface area contributed by atoms with Crippen molar-refractivity contribution >= 4 is 17.5 Å². The van der Waals surface area contributed by atoms with Crippen LogP contribution in [0.1, 0.15) is 54.2 Å². The van der Waals surface area contributed by atoms with Gasteiger partial charge in [0.2, 0.25) is 5.89 Å². The van der Waals surface area contributed by atoms with Gasteiger partial charge in [0.1, 0.15) is 0 Å². The molecule has 3 rings (SSSR count). The fraction of sp³-hybridized carbons (Fsp3) is 0.438. The lowest BCUT2D eigenvalue weighted by Crippen LogP contribution is -2.36. The van der Waals surface area contributed by atoms with Crippen molar-refractivity contribution in [3.63, 3.8) is 0 Å². The Morgan fingerprint density at radius 3 is 2.77 bits per heavy atom. The van der Waals surface area contributed by atoms with Gasteiger partial charge in [0.15, 0.2) is 0 Å². The number of nitrogens with zero attached hydrogens (tertiary/aromatic N) is 2. The van der Waals surface area contributed by atoms with Crippen LogP contribution in [0.3, 0.4) is 0 Å². The molecular formula is C16H18ClN3O2. The van der Waals surface area contributed by atoms with Crippen molar-refractivity contribution in [3.05, 3.63) is 46.6 Å². The highest BCUT2D eigenvalue weighted by Gasteiger charge is 2.20. The number of amides is 1. The standard InChI is InChI=1S/C16H18ClN3O2/c17-13-9-5-4-6-11(13)10-14-19-20-16(22-14)15(21)18-12-7-2-1-3-8-12/h4-6,9,12H,1-3,7-8,10H2,(H,18,21). The number of benzene rings is 1. The summed E-state index contributed by atoms with van der Waals surface area (Å²) in [6.45, 7) is 0. The lowest BCUT2D eigenvalue weighted by atomic mass is 9.95. The second-order valence-electron chi connectivity index (χ2n) is 5.58. The van der Waals surface area contributed by atoms with Crippen LogP contribution < -0.4 is 5.32 Å². The number of hydrogen-bond acceptors (Lipinski definition) is 4. The normalized spacial score (nSPS) is 15.7. The Balaban J connectivity index is 1.63. The number of rotatable bonds is 4. The number of carbonyl (C=O) groups is 1. The van der Waals surface area contributed by atoms with E-state index in [-0.39, 0.29) is 17.8 Å². The van der Waals surface area contributed by atoms with Crippen molar-refractivity contribution in [1.82, 2.24) is 15.5 Å². The quantitative estimate of drug-likeness (QED) is 0.938. The smallest absolute Gasteiger partial charge is 0.309 e. The van der Waals surface area contributed by atoms with Crippen LogP contribution in [-0.2, 0) is 6.42 Å². The minimum Gasteiger partial charge on any atom is -0.417 e. The predicted molar refractivity (Wildman–Crippen MR) is 82.9 cm³/mol. The Morgan fingerprint density at radius 1 is 1.23 bits per heavy atom. The second-order valence-corrected chi connectivity index (χ2v) is 5.98. The Morgan fingerprint density at radius 2 is 2.00 bits per heavy atom. The predicted octanol–water partition coefficient (Wildman–Crippen LogP) is 3.38. The van der Waals surface area contributed by atoms with Crippen molar-refractivity contribution in [2.75, 3.05) is 0 Å². The zero-order valence-corrected chi connectivity index (χ0v) is 13.0. The van der Waals surface area contributed by atoms with Crippen LogP contribution in [0.4, 0.5) is 0 Å². The summed E-state index contributed by atoms with van der Waals surface area (Å²) in [6, 6.07) is 7.69. The van der Waals surface area contributed by atoms with Crippen molar-refractivity contribution in [3.8, 4) is 0 Å². The first kappa shape index (κ1) is 15.0. The molecule has 0 aliphatic heterocycles. The summed E-state index contributed by atoms with van der Waals surface area (Å²) in [4.78, 5) is 12.1. The lowest BCUT2D eigenvalue weighted by molar-refractivity contribution is 0.0891. The average Bonchev–Trinajstić information content (AvgIpc) is 2.99. The summed E-state index contributed by atoms with van der Waals surface area (Å²) in [6.07, 6.45) is 6.02.